The lowest BCUT2D eigenvalue weighted by Gasteiger charge is -2.36. The van der Waals surface area contributed by atoms with Crippen molar-refractivity contribution in [2.75, 3.05) is 18.4 Å². The van der Waals surface area contributed by atoms with Crippen molar-refractivity contribution in [1.82, 2.24) is 43.9 Å². The number of nitrogens with one attached hydrogen (secondary N) is 2. The predicted octanol–water partition coefficient (Wildman–Crippen LogP) is 0.356. The zero-order chi connectivity index (χ0) is 30.9. The Hall–Kier alpha value is -4.00. The van der Waals surface area contributed by atoms with Gasteiger partial charge in [-0.2, -0.15) is 14.7 Å². The Labute approximate surface area is 254 Å². The number of aryl methyl sites for hydroxylation is 2. The molecule has 17 heteroatoms. The minimum Gasteiger partial charge on any atom is -0.351 e. The van der Waals surface area contributed by atoms with Crippen LogP contribution >= 0.6 is 0 Å². The van der Waals surface area contributed by atoms with E-state index < -0.39 is 15.3 Å². The van der Waals surface area contributed by atoms with Crippen LogP contribution in [0.4, 0.5) is 5.95 Å². The van der Waals surface area contributed by atoms with Crippen molar-refractivity contribution in [3.63, 3.8) is 0 Å². The van der Waals surface area contributed by atoms with Gasteiger partial charge in [0.25, 0.3) is 10.0 Å². The van der Waals surface area contributed by atoms with E-state index in [9.17, 15) is 13.7 Å². The SMILES string of the molecule is [B]C([B])([B])NCc1ccc(-n2cc(-c3nc(N[C@H]4CCN(S(=O)(=O)c5cn(C)cn5)C[C@H]4C)ncc3C#N)cn2)c(C)n1. The monoisotopic (exact) mass is 591 g/mol. The number of imidazole rings is 1. The number of aromatic nitrogens is 7. The minimum absolute atomic E-state index is 0.0361. The highest BCUT2D eigenvalue weighted by Gasteiger charge is 2.35. The first-order valence-corrected chi connectivity index (χ1v) is 14.9. The summed E-state index contributed by atoms with van der Waals surface area (Å²) in [6.07, 6.45) is 8.37. The van der Waals surface area contributed by atoms with Crippen LogP contribution in [0.5, 0.6) is 0 Å². The van der Waals surface area contributed by atoms with Crippen LogP contribution in [0.15, 0.2) is 48.3 Å². The average molecular weight is 591 g/mol. The summed E-state index contributed by atoms with van der Waals surface area (Å²) in [5, 5.41) is 18.9. The van der Waals surface area contributed by atoms with E-state index in [0.29, 0.717) is 53.7 Å². The van der Waals surface area contributed by atoms with Gasteiger partial charge < -0.3 is 15.2 Å². The van der Waals surface area contributed by atoms with Crippen LogP contribution in [0.3, 0.4) is 0 Å². The van der Waals surface area contributed by atoms with Crippen LogP contribution in [0, 0.1) is 24.2 Å². The van der Waals surface area contributed by atoms with E-state index in [4.69, 9.17) is 23.5 Å². The Morgan fingerprint density at radius 2 is 1.95 bits per heavy atom. The number of anilines is 1. The molecule has 4 aromatic rings. The second-order valence-electron chi connectivity index (χ2n) is 10.7. The Bertz CT molecular complexity index is 1780. The summed E-state index contributed by atoms with van der Waals surface area (Å²) in [6, 6.07) is 5.74. The second kappa shape index (κ2) is 11.9. The van der Waals surface area contributed by atoms with Crippen molar-refractivity contribution in [3.8, 4) is 23.0 Å². The number of hydrogen-bond donors (Lipinski definition) is 2. The lowest BCUT2D eigenvalue weighted by atomic mass is 9.49. The molecule has 0 aliphatic carbocycles. The first kappa shape index (κ1) is 30.5. The maximum Gasteiger partial charge on any atom is 0.262 e. The van der Waals surface area contributed by atoms with Gasteiger partial charge in [0.15, 0.2) is 5.03 Å². The van der Waals surface area contributed by atoms with Crippen LogP contribution in [0.25, 0.3) is 16.9 Å². The van der Waals surface area contributed by atoms with Crippen molar-refractivity contribution in [1.29, 1.82) is 5.26 Å². The molecule has 2 atom stereocenters. The van der Waals surface area contributed by atoms with Crippen LogP contribution in [0.1, 0.15) is 30.3 Å². The number of rotatable bonds is 9. The van der Waals surface area contributed by atoms with Gasteiger partial charge in [-0.3, -0.25) is 4.98 Å². The molecule has 43 heavy (non-hydrogen) atoms. The van der Waals surface area contributed by atoms with Crippen molar-refractivity contribution < 1.29 is 8.42 Å². The van der Waals surface area contributed by atoms with Gasteiger partial charge >= 0.3 is 0 Å². The molecule has 0 saturated carbocycles. The number of piperidine rings is 1. The van der Waals surface area contributed by atoms with Crippen LogP contribution in [-0.4, -0.2) is 94.9 Å². The van der Waals surface area contributed by atoms with Gasteiger partial charge in [0.1, 0.15) is 6.07 Å². The molecule has 0 amide bonds. The molecule has 1 aliphatic heterocycles. The molecular weight excluding hydrogens is 563 g/mol. The van der Waals surface area contributed by atoms with Gasteiger partial charge in [0, 0.05) is 50.7 Å². The van der Waals surface area contributed by atoms with E-state index in [1.54, 1.807) is 28.7 Å². The summed E-state index contributed by atoms with van der Waals surface area (Å²) in [4.78, 5) is 17.6. The number of nitriles is 1. The lowest BCUT2D eigenvalue weighted by molar-refractivity contribution is 0.260. The Balaban J connectivity index is 1.31. The largest absolute Gasteiger partial charge is 0.351 e. The molecule has 4 aromatic heterocycles. The van der Waals surface area contributed by atoms with Gasteiger partial charge in [0.2, 0.25) is 5.95 Å². The van der Waals surface area contributed by atoms with Crippen LogP contribution in [0.2, 0.25) is 0 Å². The first-order valence-electron chi connectivity index (χ1n) is 13.5. The molecule has 5 rings (SSSR count). The Kier molecular flexibility index (Phi) is 8.46. The third kappa shape index (κ3) is 6.82. The molecule has 0 bridgehead atoms. The van der Waals surface area contributed by atoms with E-state index in [1.807, 2.05) is 26.0 Å². The summed E-state index contributed by atoms with van der Waals surface area (Å²) < 4.78 is 30.8. The molecular formula is C26H28B3N11O2S. The summed E-state index contributed by atoms with van der Waals surface area (Å²) in [7, 11) is 14.8. The molecule has 0 spiro atoms. The zero-order valence-corrected chi connectivity index (χ0v) is 24.8. The van der Waals surface area contributed by atoms with E-state index in [-0.39, 0.29) is 23.5 Å². The highest BCUT2D eigenvalue weighted by Crippen LogP contribution is 2.27. The van der Waals surface area contributed by atoms with E-state index >= 15 is 0 Å². The molecule has 0 unspecified atom stereocenters. The van der Waals surface area contributed by atoms with E-state index in [2.05, 4.69) is 41.7 Å². The highest BCUT2D eigenvalue weighted by atomic mass is 32.2. The third-order valence-corrected chi connectivity index (χ3v) is 8.92. The lowest BCUT2D eigenvalue weighted by Crippen LogP contribution is -2.47. The van der Waals surface area contributed by atoms with Gasteiger partial charge in [-0.05, 0) is 31.4 Å². The van der Waals surface area contributed by atoms with Crippen LogP contribution < -0.4 is 10.6 Å². The summed E-state index contributed by atoms with van der Waals surface area (Å²) in [5.74, 6) is 0.299. The summed E-state index contributed by atoms with van der Waals surface area (Å²) in [6.45, 7) is 4.75. The van der Waals surface area contributed by atoms with Gasteiger partial charge in [-0.1, -0.05) is 12.2 Å². The molecule has 1 fully saturated rings. The standard InChI is InChI=1S/C26H28B3N11O2S/c1-16-12-39(43(41,42)23-14-38(3)15-32-23)7-6-21(16)36-25-31-9-18(8-30)24(37-25)19-10-34-40(13-19)22-5-4-20(35-17(22)2)11-33-26(27,28)29/h4-5,9-10,13-16,21,33H,6-7,11-12H2,1-3H3,(H,31,36,37)/t16-,21+/m1/s1. The smallest absolute Gasteiger partial charge is 0.262 e. The molecule has 1 saturated heterocycles. The number of pyridine rings is 1. The van der Waals surface area contributed by atoms with Crippen molar-refractivity contribution in [2.24, 2.45) is 13.0 Å². The third-order valence-electron chi connectivity index (χ3n) is 7.17. The second-order valence-corrected chi connectivity index (χ2v) is 12.6. The van der Waals surface area contributed by atoms with Gasteiger partial charge in [-0.25, -0.2) is 28.1 Å². The summed E-state index contributed by atoms with van der Waals surface area (Å²) in [5.41, 5.74) is 3.48. The van der Waals surface area contributed by atoms with Crippen molar-refractivity contribution in [2.45, 2.75) is 43.1 Å². The molecule has 1 aliphatic rings. The van der Waals surface area contributed by atoms with Gasteiger partial charge in [-0.15, -0.1) is 0 Å². The fraction of sp³-hybridized carbons (Fsp3) is 0.385. The molecule has 5 heterocycles. The van der Waals surface area contributed by atoms with E-state index in [0.717, 1.165) is 5.69 Å². The van der Waals surface area contributed by atoms with Crippen molar-refractivity contribution in [3.05, 3.63) is 60.2 Å². The number of sulfonamides is 1. The fourth-order valence-corrected chi connectivity index (χ4v) is 6.40. The minimum atomic E-state index is -3.68. The molecule has 214 valence electrons. The normalized spacial score (nSPS) is 17.9. The van der Waals surface area contributed by atoms with E-state index in [1.165, 1.54) is 23.0 Å². The molecule has 6 radical (unpaired) electrons. The number of nitrogens with zero attached hydrogens (tertiary/aromatic N) is 9. The Morgan fingerprint density at radius 1 is 1.16 bits per heavy atom. The predicted molar refractivity (Wildman–Crippen MR) is 162 cm³/mol. The summed E-state index contributed by atoms with van der Waals surface area (Å²) >= 11 is 0. The quantitative estimate of drug-likeness (QED) is 0.260. The highest BCUT2D eigenvalue weighted by molar-refractivity contribution is 7.89. The molecule has 13 nitrogen and oxygen atoms in total. The zero-order valence-electron chi connectivity index (χ0n) is 24.0. The van der Waals surface area contributed by atoms with Crippen molar-refractivity contribution >= 4 is 39.5 Å². The average Bonchev–Trinajstić information content (AvgIpc) is 3.62. The topological polar surface area (TPSA) is 160 Å². The fourth-order valence-electron chi connectivity index (χ4n) is 4.88. The molecule has 0 aromatic carbocycles. The maximum absolute atomic E-state index is 13.0. The maximum atomic E-state index is 13.0. The number of hydrogen-bond acceptors (Lipinski definition) is 10. The Morgan fingerprint density at radius 3 is 2.60 bits per heavy atom. The van der Waals surface area contributed by atoms with Crippen LogP contribution in [-0.2, 0) is 23.6 Å². The van der Waals surface area contributed by atoms with Gasteiger partial charge in [0.05, 0.1) is 70.6 Å². The first-order chi connectivity index (χ1) is 20.3. The molecule has 2 N–H and O–H groups in total.